The topological polar surface area (TPSA) is 146 Å². The molecule has 1 aliphatic heterocycles. The van der Waals surface area contributed by atoms with E-state index < -0.39 is 17.9 Å². The Labute approximate surface area is 263 Å². The van der Waals surface area contributed by atoms with Gasteiger partial charge in [-0.05, 0) is 93.0 Å². The van der Waals surface area contributed by atoms with Gasteiger partial charge in [-0.1, -0.05) is 42.3 Å². The van der Waals surface area contributed by atoms with Crippen molar-refractivity contribution in [1.82, 2.24) is 20.2 Å². The van der Waals surface area contributed by atoms with E-state index in [1.54, 1.807) is 19.2 Å². The lowest BCUT2D eigenvalue weighted by Crippen LogP contribution is -2.32. The number of anilines is 2. The van der Waals surface area contributed by atoms with Crippen LogP contribution in [0.25, 0.3) is 0 Å². The van der Waals surface area contributed by atoms with Crippen LogP contribution in [0.2, 0.25) is 5.15 Å². The molecule has 1 fully saturated rings. The van der Waals surface area contributed by atoms with Gasteiger partial charge >= 0.3 is 5.97 Å². The number of nitrogen functional groups attached to an aromatic ring is 2. The molecular weight excluding hydrogens is 591 g/mol. The van der Waals surface area contributed by atoms with Gasteiger partial charge in [-0.25, -0.2) is 14.8 Å². The number of esters is 1. The van der Waals surface area contributed by atoms with Gasteiger partial charge < -0.3 is 31.2 Å². The molecule has 2 atom stereocenters. The quantitative estimate of drug-likeness (QED) is 0.223. The molecule has 43 heavy (non-hydrogen) atoms. The maximum Gasteiger partial charge on any atom is 0.337 e. The fourth-order valence-electron chi connectivity index (χ4n) is 5.37. The fraction of sp³-hybridized carbons (Fsp3) is 0.419. The van der Waals surface area contributed by atoms with Crippen molar-refractivity contribution in [3.05, 3.63) is 76.1 Å². The van der Waals surface area contributed by atoms with Gasteiger partial charge in [0.15, 0.2) is 22.5 Å². The number of amides is 1. The Hall–Kier alpha value is -3.60. The van der Waals surface area contributed by atoms with Crippen LogP contribution in [0.1, 0.15) is 82.5 Å². The summed E-state index contributed by atoms with van der Waals surface area (Å²) in [5, 5.41) is 2.97. The first kappa shape index (κ1) is 33.9. The number of ether oxygens (including phenoxy) is 2. The molecule has 2 aromatic carbocycles. The van der Waals surface area contributed by atoms with Crippen molar-refractivity contribution in [1.29, 1.82) is 0 Å². The molecule has 1 amide bonds. The van der Waals surface area contributed by atoms with Crippen LogP contribution in [0.4, 0.5) is 11.6 Å². The highest BCUT2D eigenvalue weighted by Gasteiger charge is 2.24. The van der Waals surface area contributed by atoms with Crippen LogP contribution in [-0.2, 0) is 4.74 Å². The third-order valence-electron chi connectivity index (χ3n) is 7.79. The summed E-state index contributed by atoms with van der Waals surface area (Å²) in [6.45, 7) is 3.28. The maximum absolute atomic E-state index is 13.4. The standard InChI is InChI=1S/C31H39ClN6O4.ClH/c1-41-24-13-10-20(11-14-24)21(16-19-38-17-4-3-5-18-38)12-15-25(22-6-8-23(9-7-22)31(40)42-2)35-30(39)26-28(33)37-29(34)27(32)36-26;/h6-11,13-14,21,25H,3-5,12,15-19H2,1-2H3,(H,35,39)(H4,33,34,37);1H. The zero-order valence-electron chi connectivity index (χ0n) is 24.6. The van der Waals surface area contributed by atoms with Crippen LogP contribution in [0.5, 0.6) is 5.75 Å². The Balaban J connectivity index is 0.00000506. The van der Waals surface area contributed by atoms with Gasteiger partial charge in [0.05, 0.1) is 25.8 Å². The van der Waals surface area contributed by atoms with E-state index in [9.17, 15) is 9.59 Å². The number of carbonyl (C=O) groups excluding carboxylic acids is 2. The minimum atomic E-state index is -0.516. The predicted molar refractivity (Wildman–Crippen MR) is 171 cm³/mol. The average Bonchev–Trinajstić information content (AvgIpc) is 3.02. The lowest BCUT2D eigenvalue weighted by atomic mass is 9.87. The lowest BCUT2D eigenvalue weighted by Gasteiger charge is -2.29. The summed E-state index contributed by atoms with van der Waals surface area (Å²) in [7, 11) is 3.00. The Bertz CT molecular complexity index is 1350. The van der Waals surface area contributed by atoms with Crippen molar-refractivity contribution in [3.8, 4) is 5.75 Å². The molecular formula is C31H40Cl2N6O4. The summed E-state index contributed by atoms with van der Waals surface area (Å²) in [5.74, 6) is -0.0339. The second-order valence-electron chi connectivity index (χ2n) is 10.5. The number of benzene rings is 2. The van der Waals surface area contributed by atoms with Crippen molar-refractivity contribution in [2.45, 2.75) is 50.5 Å². The second kappa shape index (κ2) is 16.3. The SMILES string of the molecule is COC(=O)c1ccc(C(CCC(CCN2CCCCC2)c2ccc(OC)cc2)NC(=O)c2nc(Cl)c(N)nc2N)cc1.Cl. The number of halogens is 2. The van der Waals surface area contributed by atoms with Gasteiger partial charge in [0, 0.05) is 0 Å². The van der Waals surface area contributed by atoms with Gasteiger partial charge in [-0.15, -0.1) is 12.4 Å². The molecule has 1 saturated heterocycles. The molecule has 0 radical (unpaired) electrons. The zero-order valence-corrected chi connectivity index (χ0v) is 26.1. The van der Waals surface area contributed by atoms with E-state index in [1.807, 2.05) is 24.3 Å². The minimum Gasteiger partial charge on any atom is -0.497 e. The molecule has 12 heteroatoms. The maximum atomic E-state index is 13.4. The van der Waals surface area contributed by atoms with Gasteiger partial charge in [-0.2, -0.15) is 0 Å². The summed E-state index contributed by atoms with van der Waals surface area (Å²) in [6.07, 6.45) is 6.18. The summed E-state index contributed by atoms with van der Waals surface area (Å²) in [4.78, 5) is 35.9. The summed E-state index contributed by atoms with van der Waals surface area (Å²) in [5.41, 5.74) is 14.0. The number of hydrogen-bond acceptors (Lipinski definition) is 9. The highest BCUT2D eigenvalue weighted by atomic mass is 35.5. The van der Waals surface area contributed by atoms with Gasteiger partial charge in [-0.3, -0.25) is 4.79 Å². The van der Waals surface area contributed by atoms with Crippen molar-refractivity contribution in [2.75, 3.05) is 45.3 Å². The molecule has 0 saturated carbocycles. The molecule has 0 spiro atoms. The lowest BCUT2D eigenvalue weighted by molar-refractivity contribution is 0.0600. The van der Waals surface area contributed by atoms with Crippen LogP contribution in [0.3, 0.4) is 0 Å². The van der Waals surface area contributed by atoms with Crippen molar-refractivity contribution >= 4 is 47.5 Å². The predicted octanol–water partition coefficient (Wildman–Crippen LogP) is 5.42. The van der Waals surface area contributed by atoms with Crippen LogP contribution >= 0.6 is 24.0 Å². The van der Waals surface area contributed by atoms with Crippen LogP contribution in [-0.4, -0.2) is 60.6 Å². The number of hydrogen-bond donors (Lipinski definition) is 3. The number of likely N-dealkylation sites (tertiary alicyclic amines) is 1. The summed E-state index contributed by atoms with van der Waals surface area (Å²) in [6, 6.07) is 14.8. The molecule has 4 rings (SSSR count). The van der Waals surface area contributed by atoms with Crippen molar-refractivity contribution in [3.63, 3.8) is 0 Å². The van der Waals surface area contributed by atoms with Crippen molar-refractivity contribution in [2.24, 2.45) is 0 Å². The van der Waals surface area contributed by atoms with E-state index in [0.717, 1.165) is 43.8 Å². The number of carbonyl (C=O) groups is 2. The first-order chi connectivity index (χ1) is 20.3. The highest BCUT2D eigenvalue weighted by molar-refractivity contribution is 6.31. The van der Waals surface area contributed by atoms with Crippen LogP contribution in [0, 0.1) is 0 Å². The number of methoxy groups -OCH3 is 2. The molecule has 2 unspecified atom stereocenters. The fourth-order valence-corrected chi connectivity index (χ4v) is 5.50. The third kappa shape index (κ3) is 9.19. The molecule has 0 aliphatic carbocycles. The highest BCUT2D eigenvalue weighted by Crippen LogP contribution is 2.32. The van der Waals surface area contributed by atoms with E-state index in [1.165, 1.54) is 31.9 Å². The van der Waals surface area contributed by atoms with Gasteiger partial charge in [0.1, 0.15) is 5.75 Å². The molecule has 232 valence electrons. The van der Waals surface area contributed by atoms with Crippen LogP contribution < -0.4 is 21.5 Å². The Morgan fingerprint density at radius 3 is 2.19 bits per heavy atom. The second-order valence-corrected chi connectivity index (χ2v) is 10.9. The first-order valence-corrected chi connectivity index (χ1v) is 14.6. The summed E-state index contributed by atoms with van der Waals surface area (Å²) < 4.78 is 10.2. The number of nitrogens with zero attached hydrogens (tertiary/aromatic N) is 3. The number of rotatable bonds is 12. The largest absolute Gasteiger partial charge is 0.497 e. The molecule has 1 aliphatic rings. The minimum absolute atomic E-state index is 0. The molecule has 10 nitrogen and oxygen atoms in total. The zero-order chi connectivity index (χ0) is 30.1. The van der Waals surface area contributed by atoms with Gasteiger partial charge in [0.25, 0.3) is 5.91 Å². The molecule has 2 heterocycles. The van der Waals surface area contributed by atoms with E-state index in [0.29, 0.717) is 12.0 Å². The normalized spacial score (nSPS) is 14.7. The molecule has 5 N–H and O–H groups in total. The Morgan fingerprint density at radius 2 is 1.56 bits per heavy atom. The first-order valence-electron chi connectivity index (χ1n) is 14.2. The summed E-state index contributed by atoms with van der Waals surface area (Å²) >= 11 is 6.04. The molecule has 0 bridgehead atoms. The molecule has 1 aromatic heterocycles. The monoisotopic (exact) mass is 630 g/mol. The smallest absolute Gasteiger partial charge is 0.337 e. The molecule has 3 aromatic rings. The third-order valence-corrected chi connectivity index (χ3v) is 8.07. The van der Waals surface area contributed by atoms with E-state index in [4.69, 9.17) is 32.5 Å². The number of piperidine rings is 1. The van der Waals surface area contributed by atoms with E-state index >= 15 is 0 Å². The number of nitrogens with two attached hydrogens (primary N) is 2. The number of nitrogens with one attached hydrogen (secondary N) is 1. The Kier molecular flexibility index (Phi) is 12.9. The average molecular weight is 632 g/mol. The van der Waals surface area contributed by atoms with E-state index in [-0.39, 0.29) is 40.8 Å². The van der Waals surface area contributed by atoms with Crippen molar-refractivity contribution < 1.29 is 19.1 Å². The van der Waals surface area contributed by atoms with Crippen LogP contribution in [0.15, 0.2) is 48.5 Å². The number of aromatic nitrogens is 2. The van der Waals surface area contributed by atoms with E-state index in [2.05, 4.69) is 32.3 Å². The Morgan fingerprint density at radius 1 is 0.907 bits per heavy atom. The van der Waals surface area contributed by atoms with Gasteiger partial charge in [0.2, 0.25) is 0 Å².